The van der Waals surface area contributed by atoms with E-state index in [2.05, 4.69) is 0 Å². The summed E-state index contributed by atoms with van der Waals surface area (Å²) in [7, 11) is -3.37. The molecule has 0 saturated carbocycles. The monoisotopic (exact) mass is 277 g/mol. The quantitative estimate of drug-likeness (QED) is 0.806. The maximum Gasteiger partial charge on any atom is 0.304 e. The first kappa shape index (κ1) is 13.8. The third-order valence-corrected chi connectivity index (χ3v) is 6.10. The van der Waals surface area contributed by atoms with Crippen LogP contribution in [0.25, 0.3) is 0 Å². The molecule has 104 valence electrons. The lowest BCUT2D eigenvalue weighted by molar-refractivity contribution is -0.137. The number of carbonyl (C=O) groups is 1. The van der Waals surface area contributed by atoms with Crippen LogP contribution in [-0.4, -0.2) is 54.8 Å². The number of nitrogens with zero attached hydrogens (tertiary/aromatic N) is 1. The van der Waals surface area contributed by atoms with Crippen molar-refractivity contribution in [1.29, 1.82) is 0 Å². The van der Waals surface area contributed by atoms with Crippen LogP contribution in [0.1, 0.15) is 32.1 Å². The zero-order valence-corrected chi connectivity index (χ0v) is 11.1. The third kappa shape index (κ3) is 2.84. The van der Waals surface area contributed by atoms with Crippen molar-refractivity contribution in [3.8, 4) is 0 Å². The number of ether oxygens (including phenoxy) is 1. The third-order valence-electron chi connectivity index (χ3n) is 3.65. The van der Waals surface area contributed by atoms with Crippen molar-refractivity contribution in [1.82, 2.24) is 4.31 Å². The van der Waals surface area contributed by atoms with Crippen molar-refractivity contribution < 1.29 is 23.1 Å². The van der Waals surface area contributed by atoms with Crippen molar-refractivity contribution in [2.75, 3.05) is 19.8 Å². The van der Waals surface area contributed by atoms with E-state index >= 15 is 0 Å². The highest BCUT2D eigenvalue weighted by molar-refractivity contribution is 7.89. The second-order valence-electron chi connectivity index (χ2n) is 4.86. The van der Waals surface area contributed by atoms with Crippen molar-refractivity contribution in [2.24, 2.45) is 0 Å². The van der Waals surface area contributed by atoms with Crippen LogP contribution in [0.5, 0.6) is 0 Å². The average Bonchev–Trinajstić information content (AvgIpc) is 2.78. The van der Waals surface area contributed by atoms with Gasteiger partial charge >= 0.3 is 5.97 Å². The van der Waals surface area contributed by atoms with Crippen molar-refractivity contribution >= 4 is 16.0 Å². The number of hydrogen-bond donors (Lipinski definition) is 1. The second-order valence-corrected chi connectivity index (χ2v) is 7.03. The summed E-state index contributed by atoms with van der Waals surface area (Å²) in [6.45, 7) is 1.40. The lowest BCUT2D eigenvalue weighted by Gasteiger charge is -2.30. The van der Waals surface area contributed by atoms with E-state index in [1.54, 1.807) is 0 Å². The molecule has 1 unspecified atom stereocenters. The molecule has 1 N–H and O–H groups in total. The minimum absolute atomic E-state index is 0.0948. The second kappa shape index (κ2) is 5.54. The van der Waals surface area contributed by atoms with E-state index in [0.29, 0.717) is 39.0 Å². The first-order chi connectivity index (χ1) is 8.51. The predicted octanol–water partition coefficient (Wildman–Crippen LogP) is 0.434. The normalized spacial score (nSPS) is 27.4. The Morgan fingerprint density at radius 3 is 2.56 bits per heavy atom. The Balaban J connectivity index is 2.10. The van der Waals surface area contributed by atoms with Gasteiger partial charge < -0.3 is 9.84 Å². The summed E-state index contributed by atoms with van der Waals surface area (Å²) in [5, 5.41) is 8.42. The molecule has 0 radical (unpaired) electrons. The van der Waals surface area contributed by atoms with E-state index in [-0.39, 0.29) is 12.5 Å². The van der Waals surface area contributed by atoms with Gasteiger partial charge in [-0.2, -0.15) is 4.31 Å². The Labute approximate surface area is 107 Å². The zero-order valence-electron chi connectivity index (χ0n) is 10.2. The lowest BCUT2D eigenvalue weighted by Crippen LogP contribution is -2.44. The minimum Gasteiger partial charge on any atom is -0.481 e. The molecule has 0 aliphatic carbocycles. The van der Waals surface area contributed by atoms with Gasteiger partial charge in [0.1, 0.15) is 0 Å². The number of aliphatic carboxylic acids is 1. The largest absolute Gasteiger partial charge is 0.481 e. The molecule has 2 aliphatic rings. The summed E-state index contributed by atoms with van der Waals surface area (Å²) in [5.41, 5.74) is 0. The van der Waals surface area contributed by atoms with E-state index < -0.39 is 21.2 Å². The first-order valence-corrected chi connectivity index (χ1v) is 7.82. The first-order valence-electron chi connectivity index (χ1n) is 6.32. The summed E-state index contributed by atoms with van der Waals surface area (Å²) in [6, 6.07) is -0.365. The summed E-state index contributed by atoms with van der Waals surface area (Å²) in [4.78, 5) is 10.8. The van der Waals surface area contributed by atoms with Crippen LogP contribution in [-0.2, 0) is 19.6 Å². The van der Waals surface area contributed by atoms with Crippen LogP contribution < -0.4 is 0 Å². The minimum atomic E-state index is -3.37. The van der Waals surface area contributed by atoms with Gasteiger partial charge in [-0.1, -0.05) is 0 Å². The summed E-state index contributed by atoms with van der Waals surface area (Å²) >= 11 is 0. The van der Waals surface area contributed by atoms with Gasteiger partial charge in [0.15, 0.2) is 0 Å². The van der Waals surface area contributed by atoms with Gasteiger partial charge in [-0.25, -0.2) is 8.42 Å². The van der Waals surface area contributed by atoms with Crippen molar-refractivity contribution in [3.63, 3.8) is 0 Å². The van der Waals surface area contributed by atoms with Crippen molar-refractivity contribution in [3.05, 3.63) is 0 Å². The molecular formula is C11H19NO5S. The number of carboxylic acids is 1. The molecule has 2 rings (SSSR count). The molecule has 18 heavy (non-hydrogen) atoms. The van der Waals surface area contributed by atoms with E-state index in [9.17, 15) is 13.2 Å². The highest BCUT2D eigenvalue weighted by atomic mass is 32.2. The molecule has 6 nitrogen and oxygen atoms in total. The molecule has 7 heteroatoms. The van der Waals surface area contributed by atoms with Gasteiger partial charge in [0.2, 0.25) is 10.0 Å². The van der Waals surface area contributed by atoms with Crippen molar-refractivity contribution in [2.45, 2.75) is 43.4 Å². The fourth-order valence-corrected chi connectivity index (χ4v) is 4.87. The van der Waals surface area contributed by atoms with Gasteiger partial charge in [-0.05, 0) is 25.7 Å². The molecule has 0 bridgehead atoms. The number of carboxylic acid groups (broad SMARTS) is 1. The number of hydrogen-bond acceptors (Lipinski definition) is 4. The number of sulfonamides is 1. The molecule has 0 aromatic heterocycles. The highest BCUT2D eigenvalue weighted by Gasteiger charge is 2.40. The van der Waals surface area contributed by atoms with Gasteiger partial charge in [-0.15, -0.1) is 0 Å². The van der Waals surface area contributed by atoms with Gasteiger partial charge in [0, 0.05) is 25.8 Å². The Hall–Kier alpha value is -0.660. The molecular weight excluding hydrogens is 258 g/mol. The number of rotatable bonds is 4. The molecule has 1 atom stereocenters. The molecule has 2 aliphatic heterocycles. The van der Waals surface area contributed by atoms with Crippen LogP contribution in [0.15, 0.2) is 0 Å². The lowest BCUT2D eigenvalue weighted by atomic mass is 10.2. The van der Waals surface area contributed by atoms with Crippen LogP contribution in [0.4, 0.5) is 0 Å². The highest BCUT2D eigenvalue weighted by Crippen LogP contribution is 2.28. The maximum absolute atomic E-state index is 12.5. The molecule has 2 fully saturated rings. The Morgan fingerprint density at radius 1 is 1.28 bits per heavy atom. The molecule has 2 heterocycles. The van der Waals surface area contributed by atoms with E-state index in [1.807, 2.05) is 0 Å². The summed E-state index contributed by atoms with van der Waals surface area (Å²) in [6.07, 6.45) is 2.33. The van der Waals surface area contributed by atoms with E-state index in [1.165, 1.54) is 4.31 Å². The molecule has 0 aromatic carbocycles. The Morgan fingerprint density at radius 2 is 1.94 bits per heavy atom. The standard InChI is InChI=1S/C11H19NO5S/c13-11(14)8-9-2-1-5-12(9)18(15,16)10-3-6-17-7-4-10/h9-10H,1-8H2,(H,13,14). The van der Waals surface area contributed by atoms with Gasteiger partial charge in [-0.3, -0.25) is 4.79 Å². The van der Waals surface area contributed by atoms with Gasteiger partial charge in [0.05, 0.1) is 11.7 Å². The van der Waals surface area contributed by atoms with Crippen LogP contribution in [0, 0.1) is 0 Å². The topological polar surface area (TPSA) is 83.9 Å². The Bertz CT molecular complexity index is 402. The molecule has 2 saturated heterocycles. The fraction of sp³-hybridized carbons (Fsp3) is 0.909. The molecule has 0 spiro atoms. The zero-order chi connectivity index (χ0) is 13.2. The van der Waals surface area contributed by atoms with Crippen LogP contribution >= 0.6 is 0 Å². The summed E-state index contributed by atoms with van der Waals surface area (Å²) in [5.74, 6) is -0.936. The summed E-state index contributed by atoms with van der Waals surface area (Å²) < 4.78 is 31.5. The van der Waals surface area contributed by atoms with E-state index in [4.69, 9.17) is 9.84 Å². The predicted molar refractivity (Wildman–Crippen MR) is 64.7 cm³/mol. The fourth-order valence-electron chi connectivity index (χ4n) is 2.72. The smallest absolute Gasteiger partial charge is 0.304 e. The SMILES string of the molecule is O=C(O)CC1CCCN1S(=O)(=O)C1CCOCC1. The molecule has 0 amide bonds. The van der Waals surface area contributed by atoms with Crippen LogP contribution in [0.2, 0.25) is 0 Å². The maximum atomic E-state index is 12.5. The Kier molecular flexibility index (Phi) is 4.24. The van der Waals surface area contributed by atoms with Gasteiger partial charge in [0.25, 0.3) is 0 Å². The molecule has 0 aromatic rings. The van der Waals surface area contributed by atoms with Crippen LogP contribution in [0.3, 0.4) is 0 Å². The average molecular weight is 277 g/mol. The van der Waals surface area contributed by atoms with E-state index in [0.717, 1.165) is 6.42 Å².